The van der Waals surface area contributed by atoms with Gasteiger partial charge < -0.3 is 11.1 Å². The van der Waals surface area contributed by atoms with Crippen LogP contribution in [0.3, 0.4) is 0 Å². The van der Waals surface area contributed by atoms with E-state index in [1.165, 1.54) is 36.4 Å². The van der Waals surface area contributed by atoms with Crippen molar-refractivity contribution in [3.05, 3.63) is 51.5 Å². The van der Waals surface area contributed by atoms with Gasteiger partial charge in [0.15, 0.2) is 14.6 Å². The molecule has 0 saturated heterocycles. The zero-order valence-electron chi connectivity index (χ0n) is 14.1. The van der Waals surface area contributed by atoms with Gasteiger partial charge in [0, 0.05) is 10.7 Å². The van der Waals surface area contributed by atoms with Gasteiger partial charge in [0.2, 0.25) is 5.91 Å². The third-order valence-electron chi connectivity index (χ3n) is 4.80. The van der Waals surface area contributed by atoms with Crippen molar-refractivity contribution in [3.63, 3.8) is 0 Å². The number of amides is 1. The molecule has 1 aliphatic rings. The molecule has 2 aromatic carbocycles. The lowest BCUT2D eigenvalue weighted by Crippen LogP contribution is -2.47. The molecule has 0 radical (unpaired) electrons. The maximum absolute atomic E-state index is 13.3. The summed E-state index contributed by atoms with van der Waals surface area (Å²) in [5.41, 5.74) is 6.19. The number of sulfone groups is 1. The maximum Gasteiger partial charge on any atom is 0.246 e. The number of nitrogen functional groups attached to an aromatic ring is 1. The van der Waals surface area contributed by atoms with Gasteiger partial charge in [-0.2, -0.15) is 0 Å². The molecule has 9 heteroatoms. The lowest BCUT2D eigenvalue weighted by atomic mass is 10.1. The highest BCUT2D eigenvalue weighted by Gasteiger charge is 2.53. The van der Waals surface area contributed by atoms with Crippen LogP contribution in [0.15, 0.2) is 41.3 Å². The number of hydrogen-bond acceptors (Lipinski definition) is 4. The quantitative estimate of drug-likeness (QED) is 0.649. The molecular weight excluding hydrogens is 431 g/mol. The Kier molecular flexibility index (Phi) is 5.64. The van der Waals surface area contributed by atoms with Gasteiger partial charge in [-0.3, -0.25) is 4.79 Å². The average Bonchev–Trinajstić information content (AvgIpc) is 3.12. The highest BCUT2D eigenvalue weighted by Crippen LogP contribution is 2.42. The van der Waals surface area contributed by atoms with Crippen molar-refractivity contribution in [2.24, 2.45) is 0 Å². The Morgan fingerprint density at radius 1 is 1.00 bits per heavy atom. The average molecular weight is 448 g/mol. The molecule has 2 aromatic rings. The van der Waals surface area contributed by atoms with Gasteiger partial charge in [-0.1, -0.05) is 47.6 Å². The zero-order valence-corrected chi connectivity index (χ0v) is 17.2. The number of carbonyl (C=O) groups is 1. The fraction of sp³-hybridized carbons (Fsp3) is 0.278. The molecule has 144 valence electrons. The van der Waals surface area contributed by atoms with E-state index in [0.29, 0.717) is 23.6 Å². The second-order valence-corrected chi connectivity index (χ2v) is 9.98. The predicted molar refractivity (Wildman–Crippen MR) is 109 cm³/mol. The fourth-order valence-corrected chi connectivity index (χ4v) is 5.98. The smallest absolute Gasteiger partial charge is 0.246 e. The molecule has 1 saturated carbocycles. The van der Waals surface area contributed by atoms with Crippen LogP contribution in [0.5, 0.6) is 0 Å². The second-order valence-electron chi connectivity index (χ2n) is 6.47. The Morgan fingerprint density at radius 3 is 2.04 bits per heavy atom. The molecule has 5 nitrogen and oxygen atoms in total. The highest BCUT2D eigenvalue weighted by molar-refractivity contribution is 7.93. The minimum atomic E-state index is -3.93. The number of halogens is 3. The van der Waals surface area contributed by atoms with Gasteiger partial charge >= 0.3 is 0 Å². The monoisotopic (exact) mass is 446 g/mol. The number of hydrogen-bond donors (Lipinski definition) is 2. The summed E-state index contributed by atoms with van der Waals surface area (Å²) >= 11 is 17.9. The van der Waals surface area contributed by atoms with Crippen molar-refractivity contribution in [1.82, 2.24) is 0 Å². The third kappa shape index (κ3) is 3.63. The van der Waals surface area contributed by atoms with E-state index in [0.717, 1.165) is 0 Å². The number of anilines is 2. The first-order valence-electron chi connectivity index (χ1n) is 8.23. The van der Waals surface area contributed by atoms with Crippen LogP contribution < -0.4 is 11.1 Å². The Hall–Kier alpha value is -1.47. The predicted octanol–water partition coefficient (Wildman–Crippen LogP) is 4.95. The third-order valence-corrected chi connectivity index (χ3v) is 8.19. The largest absolute Gasteiger partial charge is 0.396 e. The molecule has 0 aromatic heterocycles. The lowest BCUT2D eigenvalue weighted by molar-refractivity contribution is -0.118. The summed E-state index contributed by atoms with van der Waals surface area (Å²) in [5.74, 6) is -0.605. The van der Waals surface area contributed by atoms with Crippen LogP contribution in [0.4, 0.5) is 11.4 Å². The minimum absolute atomic E-state index is 0.0670. The number of benzene rings is 2. The Balaban J connectivity index is 1.99. The lowest BCUT2D eigenvalue weighted by Gasteiger charge is -2.28. The standard InChI is InChI=1S/C18H17Cl3N2O3S/c19-11-3-5-13(6-4-11)27(25,26)18(7-1-2-8-18)17(24)23-12-9-14(20)16(22)15(21)10-12/h3-6,9-10H,1-2,7-8,22H2,(H,23,24). The molecule has 0 bridgehead atoms. The normalized spacial score (nSPS) is 16.3. The van der Waals surface area contributed by atoms with Crippen LogP contribution in [-0.4, -0.2) is 19.1 Å². The Morgan fingerprint density at radius 2 is 1.52 bits per heavy atom. The van der Waals surface area contributed by atoms with Crippen LogP contribution in [0, 0.1) is 0 Å². The summed E-state index contributed by atoms with van der Waals surface area (Å²) in [5, 5.41) is 3.43. The fourth-order valence-electron chi connectivity index (χ4n) is 3.30. The van der Waals surface area contributed by atoms with Crippen molar-refractivity contribution in [2.45, 2.75) is 35.3 Å². The second kappa shape index (κ2) is 7.51. The molecule has 1 amide bonds. The van der Waals surface area contributed by atoms with E-state index in [1.54, 1.807) is 0 Å². The van der Waals surface area contributed by atoms with E-state index in [9.17, 15) is 13.2 Å². The molecule has 0 spiro atoms. The van der Waals surface area contributed by atoms with Gasteiger partial charge in [0.1, 0.15) is 0 Å². The number of nitrogens with one attached hydrogen (secondary N) is 1. The summed E-state index contributed by atoms with van der Waals surface area (Å²) in [6.45, 7) is 0. The maximum atomic E-state index is 13.3. The molecule has 27 heavy (non-hydrogen) atoms. The van der Waals surface area contributed by atoms with Crippen molar-refractivity contribution < 1.29 is 13.2 Å². The van der Waals surface area contributed by atoms with E-state index >= 15 is 0 Å². The molecule has 1 fully saturated rings. The summed E-state index contributed by atoms with van der Waals surface area (Å²) in [6, 6.07) is 8.71. The Labute approximate surface area is 172 Å². The van der Waals surface area contributed by atoms with E-state index in [-0.39, 0.29) is 33.5 Å². The molecule has 3 N–H and O–H groups in total. The summed E-state index contributed by atoms with van der Waals surface area (Å²) in [6.07, 6.45) is 1.76. The molecule has 0 unspecified atom stereocenters. The first-order chi connectivity index (χ1) is 12.7. The van der Waals surface area contributed by atoms with Crippen LogP contribution in [0.2, 0.25) is 15.1 Å². The number of carbonyl (C=O) groups excluding carboxylic acids is 1. The SMILES string of the molecule is Nc1c(Cl)cc(NC(=O)C2(S(=O)(=O)c3ccc(Cl)cc3)CCCC2)cc1Cl. The molecule has 0 aliphatic heterocycles. The van der Waals surface area contributed by atoms with Crippen molar-refractivity contribution >= 4 is 61.9 Å². The summed E-state index contributed by atoms with van der Waals surface area (Å²) in [4.78, 5) is 13.2. The molecule has 1 aliphatic carbocycles. The molecule has 0 atom stereocenters. The van der Waals surface area contributed by atoms with Crippen molar-refractivity contribution in [2.75, 3.05) is 11.1 Å². The van der Waals surface area contributed by atoms with Crippen LogP contribution in [-0.2, 0) is 14.6 Å². The first kappa shape index (κ1) is 20.3. The van der Waals surface area contributed by atoms with E-state index in [2.05, 4.69) is 5.32 Å². The van der Waals surface area contributed by atoms with Gasteiger partial charge in [-0.05, 0) is 49.2 Å². The van der Waals surface area contributed by atoms with Crippen molar-refractivity contribution in [3.8, 4) is 0 Å². The van der Waals surface area contributed by atoms with Crippen LogP contribution in [0.1, 0.15) is 25.7 Å². The topological polar surface area (TPSA) is 89.3 Å². The number of rotatable bonds is 4. The van der Waals surface area contributed by atoms with Crippen LogP contribution in [0.25, 0.3) is 0 Å². The molecule has 3 rings (SSSR count). The highest BCUT2D eigenvalue weighted by atomic mass is 35.5. The summed E-state index contributed by atoms with van der Waals surface area (Å²) < 4.78 is 25.1. The van der Waals surface area contributed by atoms with Gasteiger partial charge in [-0.25, -0.2) is 8.42 Å². The molecular formula is C18H17Cl3N2O3S. The minimum Gasteiger partial charge on any atom is -0.396 e. The van der Waals surface area contributed by atoms with Crippen molar-refractivity contribution in [1.29, 1.82) is 0 Å². The zero-order chi connectivity index (χ0) is 19.8. The van der Waals surface area contributed by atoms with Gasteiger partial charge in [0.05, 0.1) is 20.6 Å². The first-order valence-corrected chi connectivity index (χ1v) is 10.9. The summed E-state index contributed by atoms with van der Waals surface area (Å²) in [7, 11) is -3.93. The van der Waals surface area contributed by atoms with E-state index in [4.69, 9.17) is 40.5 Å². The number of nitrogens with two attached hydrogens (primary N) is 1. The van der Waals surface area contributed by atoms with E-state index < -0.39 is 20.5 Å². The molecule has 0 heterocycles. The van der Waals surface area contributed by atoms with E-state index in [1.807, 2.05) is 0 Å². The van der Waals surface area contributed by atoms with Crippen LogP contribution >= 0.6 is 34.8 Å². The van der Waals surface area contributed by atoms with Gasteiger partial charge in [0.25, 0.3) is 0 Å². The Bertz CT molecular complexity index is 962. The van der Waals surface area contributed by atoms with Gasteiger partial charge in [-0.15, -0.1) is 0 Å².